The molecule has 0 amide bonds. The molecular weight excluding hydrogens is 416 g/mol. The molecule has 3 rings (SSSR count). The van der Waals surface area contributed by atoms with Crippen LogP contribution in [-0.4, -0.2) is 31.6 Å². The van der Waals surface area contributed by atoms with Crippen molar-refractivity contribution >= 4 is 35.8 Å². The van der Waals surface area contributed by atoms with Gasteiger partial charge in [0.1, 0.15) is 5.69 Å². The standard InChI is InChI=1S/C18H17BF5NO3S/c1-17(2)18(3,4)28-19(27-17)8-6-10(26-5)29-9(8)7-25-16-14(23)12(21)11(20)13(22)15(16)24/h6-7H,1-5H3. The van der Waals surface area contributed by atoms with Gasteiger partial charge in [0.2, 0.25) is 5.82 Å². The quantitative estimate of drug-likeness (QED) is 0.234. The van der Waals surface area contributed by atoms with E-state index in [9.17, 15) is 22.0 Å². The first-order valence-corrected chi connectivity index (χ1v) is 9.30. The number of halogens is 5. The molecule has 0 atom stereocenters. The van der Waals surface area contributed by atoms with Crippen molar-refractivity contribution in [1.82, 2.24) is 0 Å². The van der Waals surface area contributed by atoms with Gasteiger partial charge in [0, 0.05) is 16.6 Å². The highest BCUT2D eigenvalue weighted by molar-refractivity contribution is 7.17. The van der Waals surface area contributed by atoms with Crippen LogP contribution in [0.2, 0.25) is 0 Å². The van der Waals surface area contributed by atoms with E-state index in [0.29, 0.717) is 15.4 Å². The monoisotopic (exact) mass is 433 g/mol. The third kappa shape index (κ3) is 3.66. The van der Waals surface area contributed by atoms with Crippen LogP contribution in [-0.2, 0) is 9.31 Å². The lowest BCUT2D eigenvalue weighted by Crippen LogP contribution is -2.41. The summed E-state index contributed by atoms with van der Waals surface area (Å²) in [6.07, 6.45) is 0.992. The van der Waals surface area contributed by atoms with Crippen molar-refractivity contribution in [3.63, 3.8) is 0 Å². The van der Waals surface area contributed by atoms with E-state index < -0.39 is 53.1 Å². The Labute approximate surface area is 168 Å². The topological polar surface area (TPSA) is 40.0 Å². The Balaban J connectivity index is 2.03. The Hall–Kier alpha value is -1.98. The van der Waals surface area contributed by atoms with Crippen molar-refractivity contribution in [3.8, 4) is 5.06 Å². The second kappa shape index (κ2) is 7.37. The number of benzene rings is 1. The lowest BCUT2D eigenvalue weighted by Gasteiger charge is -2.32. The zero-order valence-electron chi connectivity index (χ0n) is 16.2. The Kier molecular flexibility index (Phi) is 5.52. The van der Waals surface area contributed by atoms with Crippen LogP contribution in [0.3, 0.4) is 0 Å². The van der Waals surface area contributed by atoms with Crippen molar-refractivity contribution < 1.29 is 36.0 Å². The van der Waals surface area contributed by atoms with Crippen molar-refractivity contribution in [3.05, 3.63) is 40.0 Å². The predicted molar refractivity (Wildman–Crippen MR) is 100 cm³/mol. The fraction of sp³-hybridized carbons (Fsp3) is 0.389. The van der Waals surface area contributed by atoms with Crippen LogP contribution in [0, 0.1) is 29.1 Å². The number of nitrogens with zero attached hydrogens (tertiary/aromatic N) is 1. The molecule has 29 heavy (non-hydrogen) atoms. The second-order valence-corrected chi connectivity index (χ2v) is 8.40. The summed E-state index contributed by atoms with van der Waals surface area (Å²) in [5.41, 5.74) is -2.13. The number of thiophene rings is 1. The Morgan fingerprint density at radius 1 is 0.931 bits per heavy atom. The van der Waals surface area contributed by atoms with Gasteiger partial charge in [0.25, 0.3) is 0 Å². The number of hydrogen-bond donors (Lipinski definition) is 0. The van der Waals surface area contributed by atoms with Crippen LogP contribution in [0.25, 0.3) is 0 Å². The summed E-state index contributed by atoms with van der Waals surface area (Å²) < 4.78 is 84.8. The van der Waals surface area contributed by atoms with Gasteiger partial charge in [-0.2, -0.15) is 0 Å². The van der Waals surface area contributed by atoms with Crippen molar-refractivity contribution in [2.75, 3.05) is 7.11 Å². The first-order chi connectivity index (χ1) is 13.4. The molecule has 0 spiro atoms. The minimum atomic E-state index is -2.24. The number of ether oxygens (including phenoxy) is 1. The van der Waals surface area contributed by atoms with Gasteiger partial charge in [0.05, 0.1) is 18.3 Å². The summed E-state index contributed by atoms with van der Waals surface area (Å²) in [6, 6.07) is 1.60. The van der Waals surface area contributed by atoms with Crippen LogP contribution in [0.1, 0.15) is 32.6 Å². The van der Waals surface area contributed by atoms with Gasteiger partial charge in [-0.25, -0.2) is 26.9 Å². The van der Waals surface area contributed by atoms with Gasteiger partial charge in [-0.1, -0.05) is 11.3 Å². The normalized spacial score (nSPS) is 18.1. The number of methoxy groups -OCH3 is 1. The first-order valence-electron chi connectivity index (χ1n) is 8.48. The molecule has 2 heterocycles. The molecule has 0 saturated carbocycles. The molecule has 1 saturated heterocycles. The maximum absolute atomic E-state index is 13.9. The van der Waals surface area contributed by atoms with E-state index in [4.69, 9.17) is 14.0 Å². The van der Waals surface area contributed by atoms with E-state index in [2.05, 4.69) is 4.99 Å². The van der Waals surface area contributed by atoms with Gasteiger partial charge < -0.3 is 14.0 Å². The van der Waals surface area contributed by atoms with Gasteiger partial charge in [0.15, 0.2) is 28.3 Å². The van der Waals surface area contributed by atoms with Gasteiger partial charge >= 0.3 is 7.12 Å². The summed E-state index contributed by atoms with van der Waals surface area (Å²) in [4.78, 5) is 3.84. The SMILES string of the molecule is COc1cc(B2OC(C)(C)C(C)(C)O2)c(C=Nc2c(F)c(F)c(F)c(F)c2F)s1. The Morgan fingerprint density at radius 2 is 1.41 bits per heavy atom. The predicted octanol–water partition coefficient (Wildman–Crippen LogP) is 4.50. The number of hydrogen-bond acceptors (Lipinski definition) is 5. The molecule has 1 aromatic carbocycles. The van der Waals surface area contributed by atoms with Crippen molar-refractivity contribution in [2.45, 2.75) is 38.9 Å². The molecule has 4 nitrogen and oxygen atoms in total. The van der Waals surface area contributed by atoms with Crippen molar-refractivity contribution in [2.24, 2.45) is 4.99 Å². The lowest BCUT2D eigenvalue weighted by molar-refractivity contribution is 0.00578. The zero-order valence-corrected chi connectivity index (χ0v) is 17.0. The van der Waals surface area contributed by atoms with E-state index in [0.717, 1.165) is 17.6 Å². The van der Waals surface area contributed by atoms with Gasteiger partial charge in [-0.3, -0.25) is 0 Å². The molecule has 1 fully saturated rings. The third-order valence-corrected chi connectivity index (χ3v) is 6.02. The van der Waals surface area contributed by atoms with Crippen LogP contribution in [0.4, 0.5) is 27.6 Å². The molecule has 1 aromatic heterocycles. The second-order valence-electron chi connectivity index (χ2n) is 7.35. The molecule has 1 aliphatic heterocycles. The Morgan fingerprint density at radius 3 is 1.90 bits per heavy atom. The molecule has 0 aliphatic carbocycles. The fourth-order valence-electron chi connectivity index (χ4n) is 2.58. The molecule has 0 unspecified atom stereocenters. The summed E-state index contributed by atoms with van der Waals surface area (Å²) in [5.74, 6) is -10.4. The lowest BCUT2D eigenvalue weighted by atomic mass is 9.79. The summed E-state index contributed by atoms with van der Waals surface area (Å²) in [7, 11) is 0.586. The smallest absolute Gasteiger partial charge is 0.487 e. The van der Waals surface area contributed by atoms with E-state index in [1.807, 2.05) is 27.7 Å². The highest BCUT2D eigenvalue weighted by Crippen LogP contribution is 2.38. The van der Waals surface area contributed by atoms with E-state index in [1.165, 1.54) is 7.11 Å². The van der Waals surface area contributed by atoms with Crippen LogP contribution < -0.4 is 10.2 Å². The summed E-state index contributed by atoms with van der Waals surface area (Å²) >= 11 is 1.05. The van der Waals surface area contributed by atoms with E-state index >= 15 is 0 Å². The molecule has 2 aromatic rings. The summed E-state index contributed by atoms with van der Waals surface area (Å²) in [6.45, 7) is 7.39. The highest BCUT2D eigenvalue weighted by atomic mass is 32.1. The maximum Gasteiger partial charge on any atom is 0.496 e. The molecule has 0 bridgehead atoms. The van der Waals surface area contributed by atoms with Gasteiger partial charge in [-0.15, -0.1) is 0 Å². The number of rotatable bonds is 4. The van der Waals surface area contributed by atoms with Gasteiger partial charge in [-0.05, 0) is 33.8 Å². The minimum absolute atomic E-state index is 0.323. The Bertz CT molecular complexity index is 947. The highest BCUT2D eigenvalue weighted by Gasteiger charge is 2.52. The number of aliphatic imine (C=N–C) groups is 1. The van der Waals surface area contributed by atoms with Crippen LogP contribution in [0.5, 0.6) is 5.06 Å². The summed E-state index contributed by atoms with van der Waals surface area (Å²) in [5, 5.41) is 0.425. The molecule has 0 N–H and O–H groups in total. The van der Waals surface area contributed by atoms with E-state index in [-0.39, 0.29) is 0 Å². The first kappa shape index (κ1) is 21.7. The average Bonchev–Trinajstić information content (AvgIpc) is 3.16. The maximum atomic E-state index is 13.9. The molecule has 1 aliphatic rings. The molecular formula is C18H17BF5NO3S. The third-order valence-electron chi connectivity index (χ3n) is 4.97. The zero-order chi connectivity index (χ0) is 21.7. The largest absolute Gasteiger partial charge is 0.496 e. The average molecular weight is 433 g/mol. The minimum Gasteiger partial charge on any atom is -0.487 e. The van der Waals surface area contributed by atoms with E-state index in [1.54, 1.807) is 6.07 Å². The molecule has 11 heteroatoms. The molecule has 0 radical (unpaired) electrons. The fourth-order valence-corrected chi connectivity index (χ4v) is 3.44. The van der Waals surface area contributed by atoms with Crippen molar-refractivity contribution in [1.29, 1.82) is 0 Å². The van der Waals surface area contributed by atoms with Crippen LogP contribution in [0.15, 0.2) is 11.1 Å². The molecule has 156 valence electrons. The van der Waals surface area contributed by atoms with Crippen LogP contribution >= 0.6 is 11.3 Å².